The lowest BCUT2D eigenvalue weighted by atomic mass is 10.1. The number of Topliss-reactive ketones (excluding diaryl/α,β-unsaturated/α-hetero) is 1. The van der Waals surface area contributed by atoms with E-state index in [0.29, 0.717) is 15.8 Å². The van der Waals surface area contributed by atoms with Gasteiger partial charge in [-0.05, 0) is 47.8 Å². The molecule has 0 aliphatic carbocycles. The number of thiophene rings is 1. The summed E-state index contributed by atoms with van der Waals surface area (Å²) < 4.78 is 44.0. The van der Waals surface area contributed by atoms with Gasteiger partial charge in [0.2, 0.25) is 5.78 Å². The topological polar surface area (TPSA) is 80.8 Å². The average Bonchev–Trinajstić information content (AvgIpc) is 3.39. The summed E-state index contributed by atoms with van der Waals surface area (Å²) in [5.41, 5.74) is -1.53. The van der Waals surface area contributed by atoms with Crippen molar-refractivity contribution in [3.05, 3.63) is 87.1 Å². The van der Waals surface area contributed by atoms with Crippen LogP contribution in [0.5, 0.6) is 0 Å². The second kappa shape index (κ2) is 8.04. The molecule has 0 fully saturated rings. The van der Waals surface area contributed by atoms with Crippen LogP contribution in [0.4, 0.5) is 18.9 Å². The fourth-order valence-corrected chi connectivity index (χ4v) is 3.80. The Hall–Kier alpha value is -3.79. The molecule has 32 heavy (non-hydrogen) atoms. The fourth-order valence-electron chi connectivity index (χ4n) is 3.15. The minimum Gasteiger partial charge on any atom is -0.454 e. The Morgan fingerprint density at radius 2 is 1.69 bits per heavy atom. The van der Waals surface area contributed by atoms with Gasteiger partial charge < -0.3 is 4.74 Å². The van der Waals surface area contributed by atoms with Crippen LogP contribution < -0.4 is 4.90 Å². The molecule has 1 aromatic heterocycles. The molecule has 1 aliphatic heterocycles. The molecule has 1 aliphatic rings. The van der Waals surface area contributed by atoms with Gasteiger partial charge in [0.15, 0.2) is 6.61 Å². The molecule has 0 N–H and O–H groups in total. The molecule has 0 bridgehead atoms. The zero-order valence-corrected chi connectivity index (χ0v) is 16.8. The first-order chi connectivity index (χ1) is 15.2. The summed E-state index contributed by atoms with van der Waals surface area (Å²) in [5, 5.41) is 1.70. The normalized spacial score (nSPS) is 13.3. The summed E-state index contributed by atoms with van der Waals surface area (Å²) >= 11 is 1.20. The minimum absolute atomic E-state index is 0.0568. The number of esters is 1. The molecule has 0 saturated heterocycles. The van der Waals surface area contributed by atoms with Gasteiger partial charge in [-0.1, -0.05) is 12.1 Å². The summed E-state index contributed by atoms with van der Waals surface area (Å²) in [6, 6.07) is 10.7. The highest BCUT2D eigenvalue weighted by atomic mass is 32.1. The zero-order valence-electron chi connectivity index (χ0n) is 16.0. The van der Waals surface area contributed by atoms with Crippen molar-refractivity contribution < 1.29 is 37.1 Å². The standard InChI is InChI=1S/C22H12F3NO5S/c23-22(24,25)13-3-1-4-14(10-13)26-19(28)15-7-6-12(9-16(15)20(26)29)21(30)31-11-17(27)18-5-2-8-32-18/h1-10H,11H2. The molecule has 4 rings (SSSR count). The molecule has 2 heterocycles. The maximum absolute atomic E-state index is 13.0. The van der Waals surface area contributed by atoms with Crippen LogP contribution >= 0.6 is 11.3 Å². The summed E-state index contributed by atoms with van der Waals surface area (Å²) in [6.07, 6.45) is -4.65. The molecule has 0 unspecified atom stereocenters. The van der Waals surface area contributed by atoms with Crippen molar-refractivity contribution in [1.82, 2.24) is 0 Å². The third-order valence-corrected chi connectivity index (χ3v) is 5.60. The number of rotatable bonds is 5. The third-order valence-electron chi connectivity index (χ3n) is 4.68. The van der Waals surface area contributed by atoms with Crippen LogP contribution in [0.25, 0.3) is 0 Å². The lowest BCUT2D eigenvalue weighted by molar-refractivity contribution is -0.137. The Morgan fingerprint density at radius 3 is 2.38 bits per heavy atom. The van der Waals surface area contributed by atoms with Crippen molar-refractivity contribution in [2.24, 2.45) is 0 Å². The summed E-state index contributed by atoms with van der Waals surface area (Å²) in [6.45, 7) is -0.500. The SMILES string of the molecule is O=C(OCC(=O)c1cccs1)c1ccc2c(c1)C(=O)N(c1cccc(C(F)(F)F)c1)C2=O. The van der Waals surface area contributed by atoms with Gasteiger partial charge in [-0.25, -0.2) is 9.69 Å². The average molecular weight is 459 g/mol. The van der Waals surface area contributed by atoms with Gasteiger partial charge >= 0.3 is 12.1 Å². The quantitative estimate of drug-likeness (QED) is 0.316. The van der Waals surface area contributed by atoms with Gasteiger partial charge in [0.05, 0.1) is 32.8 Å². The lowest BCUT2D eigenvalue weighted by Gasteiger charge is -2.16. The minimum atomic E-state index is -4.65. The molecule has 0 saturated carbocycles. The van der Waals surface area contributed by atoms with Crippen molar-refractivity contribution in [3.63, 3.8) is 0 Å². The van der Waals surface area contributed by atoms with Crippen molar-refractivity contribution >= 4 is 40.6 Å². The number of amides is 2. The Bertz CT molecular complexity index is 1250. The number of hydrogen-bond acceptors (Lipinski definition) is 6. The van der Waals surface area contributed by atoms with Crippen molar-refractivity contribution in [3.8, 4) is 0 Å². The Kier molecular flexibility index (Phi) is 5.39. The van der Waals surface area contributed by atoms with E-state index in [-0.39, 0.29) is 22.4 Å². The van der Waals surface area contributed by atoms with Crippen LogP contribution in [0, 0.1) is 0 Å². The number of ketones is 1. The molecule has 2 aromatic carbocycles. The number of halogens is 3. The summed E-state index contributed by atoms with van der Waals surface area (Å²) in [4.78, 5) is 50.8. The highest BCUT2D eigenvalue weighted by molar-refractivity contribution is 7.12. The van der Waals surface area contributed by atoms with E-state index in [2.05, 4.69) is 0 Å². The van der Waals surface area contributed by atoms with E-state index >= 15 is 0 Å². The molecule has 0 spiro atoms. The molecule has 2 amide bonds. The highest BCUT2D eigenvalue weighted by Crippen LogP contribution is 2.34. The number of alkyl halides is 3. The molecule has 162 valence electrons. The third kappa shape index (κ3) is 3.92. The van der Waals surface area contributed by atoms with Crippen molar-refractivity contribution in [2.75, 3.05) is 11.5 Å². The second-order valence-electron chi connectivity index (χ2n) is 6.73. The first-order valence-electron chi connectivity index (χ1n) is 9.11. The highest BCUT2D eigenvalue weighted by Gasteiger charge is 2.39. The number of carbonyl (C=O) groups excluding carboxylic acids is 4. The fraction of sp³-hybridized carbons (Fsp3) is 0.0909. The monoisotopic (exact) mass is 459 g/mol. The summed E-state index contributed by atoms with van der Waals surface area (Å²) in [7, 11) is 0. The van der Waals surface area contributed by atoms with Gasteiger partial charge in [0.25, 0.3) is 11.8 Å². The molecular formula is C22H12F3NO5S. The molecule has 10 heteroatoms. The van der Waals surface area contributed by atoms with Gasteiger partial charge in [-0.3, -0.25) is 14.4 Å². The molecule has 0 atom stereocenters. The number of fused-ring (bicyclic) bond motifs is 1. The smallest absolute Gasteiger partial charge is 0.416 e. The number of hydrogen-bond donors (Lipinski definition) is 0. The van der Waals surface area contributed by atoms with Crippen molar-refractivity contribution in [2.45, 2.75) is 6.18 Å². The maximum atomic E-state index is 13.0. The van der Waals surface area contributed by atoms with Gasteiger partial charge in [-0.15, -0.1) is 11.3 Å². The van der Waals surface area contributed by atoms with E-state index in [4.69, 9.17) is 4.74 Å². The molecule has 0 radical (unpaired) electrons. The van der Waals surface area contributed by atoms with Crippen LogP contribution in [-0.2, 0) is 10.9 Å². The predicted molar refractivity (Wildman–Crippen MR) is 108 cm³/mol. The number of nitrogens with zero attached hydrogens (tertiary/aromatic N) is 1. The van der Waals surface area contributed by atoms with E-state index in [1.165, 1.54) is 29.5 Å². The molecule has 6 nitrogen and oxygen atoms in total. The largest absolute Gasteiger partial charge is 0.454 e. The van der Waals surface area contributed by atoms with Crippen LogP contribution in [0.3, 0.4) is 0 Å². The van der Waals surface area contributed by atoms with E-state index < -0.39 is 41.9 Å². The van der Waals surface area contributed by atoms with Crippen LogP contribution in [-0.4, -0.2) is 30.2 Å². The number of anilines is 1. The molecule has 3 aromatic rings. The van der Waals surface area contributed by atoms with Gasteiger partial charge in [-0.2, -0.15) is 13.2 Å². The van der Waals surface area contributed by atoms with Crippen LogP contribution in [0.2, 0.25) is 0 Å². The van der Waals surface area contributed by atoms with E-state index in [1.54, 1.807) is 17.5 Å². The van der Waals surface area contributed by atoms with Gasteiger partial charge in [0, 0.05) is 0 Å². The number of imide groups is 1. The van der Waals surface area contributed by atoms with E-state index in [0.717, 1.165) is 18.2 Å². The van der Waals surface area contributed by atoms with E-state index in [9.17, 15) is 32.3 Å². The first kappa shape index (κ1) is 21.4. The van der Waals surface area contributed by atoms with E-state index in [1.807, 2.05) is 0 Å². The van der Waals surface area contributed by atoms with Crippen LogP contribution in [0.15, 0.2) is 60.0 Å². The second-order valence-corrected chi connectivity index (χ2v) is 7.68. The number of ether oxygens (including phenoxy) is 1. The Labute approximate surface area is 182 Å². The first-order valence-corrected chi connectivity index (χ1v) is 9.98. The molecular weight excluding hydrogens is 447 g/mol. The predicted octanol–water partition coefficient (Wildman–Crippen LogP) is 4.61. The Balaban J connectivity index is 1.55. The maximum Gasteiger partial charge on any atom is 0.416 e. The number of benzene rings is 2. The van der Waals surface area contributed by atoms with Crippen molar-refractivity contribution in [1.29, 1.82) is 0 Å². The Morgan fingerprint density at radius 1 is 0.938 bits per heavy atom. The lowest BCUT2D eigenvalue weighted by Crippen LogP contribution is -2.29. The van der Waals surface area contributed by atoms with Crippen LogP contribution in [0.1, 0.15) is 46.3 Å². The number of carbonyl (C=O) groups is 4. The van der Waals surface area contributed by atoms with Gasteiger partial charge in [0.1, 0.15) is 0 Å². The summed E-state index contributed by atoms with van der Waals surface area (Å²) in [5.74, 6) is -2.95. The zero-order chi connectivity index (χ0) is 23.0.